The molecule has 1 atom stereocenters. The van der Waals surface area contributed by atoms with Gasteiger partial charge in [-0.15, -0.1) is 0 Å². The normalized spacial score (nSPS) is 11.8. The van der Waals surface area contributed by atoms with Crippen LogP contribution in [0.5, 0.6) is 11.5 Å². The number of carbonyl (C=O) groups excluding carboxylic acids is 1. The average Bonchev–Trinajstić information content (AvgIpc) is 3.04. The second-order valence-corrected chi connectivity index (χ2v) is 7.03. The summed E-state index contributed by atoms with van der Waals surface area (Å²) in [5.41, 5.74) is 4.17. The third kappa shape index (κ3) is 4.59. The standard InChI is InChI=1S/C23H26N2O4/c1-14-10-11-21(27-5)19(12-14)15(2)24-23(26)18-8-6-7-9-22(18)28-13-20-16(3)25-29-17(20)4/h6-12,15H,13H2,1-5H3,(H,24,26). The summed E-state index contributed by atoms with van der Waals surface area (Å²) in [6.07, 6.45) is 0. The largest absolute Gasteiger partial charge is 0.496 e. The minimum atomic E-state index is -0.229. The molecule has 0 saturated carbocycles. The lowest BCUT2D eigenvalue weighted by Gasteiger charge is -2.19. The summed E-state index contributed by atoms with van der Waals surface area (Å²) in [6, 6.07) is 12.9. The van der Waals surface area contributed by atoms with Crippen LogP contribution in [0.1, 0.15) is 51.5 Å². The number of aryl methyl sites for hydroxylation is 3. The van der Waals surface area contributed by atoms with E-state index < -0.39 is 0 Å². The summed E-state index contributed by atoms with van der Waals surface area (Å²) < 4.78 is 16.5. The summed E-state index contributed by atoms with van der Waals surface area (Å²) >= 11 is 0. The van der Waals surface area contributed by atoms with Crippen LogP contribution in [0.25, 0.3) is 0 Å². The summed E-state index contributed by atoms with van der Waals surface area (Å²) in [7, 11) is 1.63. The molecule has 0 aliphatic carbocycles. The van der Waals surface area contributed by atoms with E-state index in [2.05, 4.69) is 10.5 Å². The van der Waals surface area contributed by atoms with E-state index in [1.807, 2.05) is 58.0 Å². The molecule has 0 fully saturated rings. The summed E-state index contributed by atoms with van der Waals surface area (Å²) in [5, 5.41) is 6.98. The zero-order chi connectivity index (χ0) is 21.0. The molecule has 0 bridgehead atoms. The molecule has 0 radical (unpaired) electrons. The number of methoxy groups -OCH3 is 1. The van der Waals surface area contributed by atoms with Crippen molar-refractivity contribution in [2.45, 2.75) is 40.3 Å². The minimum Gasteiger partial charge on any atom is -0.496 e. The van der Waals surface area contributed by atoms with Crippen LogP contribution in [-0.4, -0.2) is 18.2 Å². The SMILES string of the molecule is COc1ccc(C)cc1C(C)NC(=O)c1ccccc1OCc1c(C)noc1C. The summed E-state index contributed by atoms with van der Waals surface area (Å²) in [5.74, 6) is 1.75. The molecule has 29 heavy (non-hydrogen) atoms. The predicted octanol–water partition coefficient (Wildman–Crippen LogP) is 4.68. The molecule has 3 rings (SSSR count). The van der Waals surface area contributed by atoms with Crippen molar-refractivity contribution in [1.82, 2.24) is 10.5 Å². The molecule has 1 N–H and O–H groups in total. The molecule has 3 aromatic rings. The number of para-hydroxylation sites is 1. The van der Waals surface area contributed by atoms with E-state index in [0.717, 1.165) is 28.1 Å². The molecule has 1 unspecified atom stereocenters. The Morgan fingerprint density at radius 3 is 2.59 bits per heavy atom. The van der Waals surface area contributed by atoms with Crippen LogP contribution in [0.4, 0.5) is 0 Å². The number of nitrogens with one attached hydrogen (secondary N) is 1. The molecule has 6 heteroatoms. The number of benzene rings is 2. The van der Waals surface area contributed by atoms with Gasteiger partial charge in [-0.3, -0.25) is 4.79 Å². The third-order valence-corrected chi connectivity index (χ3v) is 4.88. The second-order valence-electron chi connectivity index (χ2n) is 7.03. The van der Waals surface area contributed by atoms with Gasteiger partial charge in [-0.25, -0.2) is 0 Å². The summed E-state index contributed by atoms with van der Waals surface area (Å²) in [4.78, 5) is 13.0. The second kappa shape index (κ2) is 8.82. The topological polar surface area (TPSA) is 73.6 Å². The Hall–Kier alpha value is -3.28. The molecule has 6 nitrogen and oxygen atoms in total. The molecular formula is C23H26N2O4. The fourth-order valence-electron chi connectivity index (χ4n) is 3.18. The lowest BCUT2D eigenvalue weighted by atomic mass is 10.0. The van der Waals surface area contributed by atoms with Gasteiger partial charge in [0.1, 0.15) is 23.9 Å². The molecular weight excluding hydrogens is 368 g/mol. The number of amides is 1. The first-order valence-electron chi connectivity index (χ1n) is 9.49. The van der Waals surface area contributed by atoms with Crippen molar-refractivity contribution in [1.29, 1.82) is 0 Å². The molecule has 1 amide bonds. The highest BCUT2D eigenvalue weighted by Crippen LogP contribution is 2.27. The van der Waals surface area contributed by atoms with Crippen molar-refractivity contribution < 1.29 is 18.8 Å². The Labute approximate surface area is 170 Å². The third-order valence-electron chi connectivity index (χ3n) is 4.88. The maximum absolute atomic E-state index is 13.0. The predicted molar refractivity (Wildman–Crippen MR) is 110 cm³/mol. The Bertz CT molecular complexity index is 990. The number of ether oxygens (including phenoxy) is 2. The Balaban J connectivity index is 1.77. The van der Waals surface area contributed by atoms with Gasteiger partial charge >= 0.3 is 0 Å². The number of hydrogen-bond donors (Lipinski definition) is 1. The van der Waals surface area contributed by atoms with Gasteiger partial charge in [-0.2, -0.15) is 0 Å². The van der Waals surface area contributed by atoms with Crippen LogP contribution >= 0.6 is 0 Å². The van der Waals surface area contributed by atoms with E-state index in [1.165, 1.54) is 0 Å². The summed E-state index contributed by atoms with van der Waals surface area (Å²) in [6.45, 7) is 7.93. The number of hydrogen-bond acceptors (Lipinski definition) is 5. The lowest BCUT2D eigenvalue weighted by Crippen LogP contribution is -2.27. The average molecular weight is 394 g/mol. The molecule has 152 valence electrons. The molecule has 0 aliphatic heterocycles. The van der Waals surface area contributed by atoms with Gasteiger partial charge in [0.15, 0.2) is 0 Å². The molecule has 0 spiro atoms. The van der Waals surface area contributed by atoms with Crippen LogP contribution in [0.15, 0.2) is 47.0 Å². The van der Waals surface area contributed by atoms with E-state index >= 15 is 0 Å². The van der Waals surface area contributed by atoms with Crippen LogP contribution in [0.2, 0.25) is 0 Å². The molecule has 1 aromatic heterocycles. The maximum atomic E-state index is 13.0. The van der Waals surface area contributed by atoms with E-state index in [1.54, 1.807) is 19.2 Å². The van der Waals surface area contributed by atoms with Crippen molar-refractivity contribution in [3.8, 4) is 11.5 Å². The van der Waals surface area contributed by atoms with Crippen LogP contribution in [-0.2, 0) is 6.61 Å². The van der Waals surface area contributed by atoms with Gasteiger partial charge in [0, 0.05) is 5.56 Å². The molecule has 0 saturated heterocycles. The van der Waals surface area contributed by atoms with Crippen molar-refractivity contribution in [3.05, 3.63) is 76.2 Å². The van der Waals surface area contributed by atoms with Crippen molar-refractivity contribution in [2.24, 2.45) is 0 Å². The maximum Gasteiger partial charge on any atom is 0.255 e. The first kappa shape index (κ1) is 20.5. The van der Waals surface area contributed by atoms with Crippen molar-refractivity contribution in [2.75, 3.05) is 7.11 Å². The highest BCUT2D eigenvalue weighted by Gasteiger charge is 2.19. The molecule has 0 aliphatic rings. The van der Waals surface area contributed by atoms with E-state index in [0.29, 0.717) is 17.1 Å². The smallest absolute Gasteiger partial charge is 0.255 e. The van der Waals surface area contributed by atoms with E-state index in [4.69, 9.17) is 14.0 Å². The number of carbonyl (C=O) groups is 1. The van der Waals surface area contributed by atoms with Crippen LogP contribution in [0, 0.1) is 20.8 Å². The monoisotopic (exact) mass is 394 g/mol. The number of nitrogens with zero attached hydrogens (tertiary/aromatic N) is 1. The van der Waals surface area contributed by atoms with Gasteiger partial charge in [0.25, 0.3) is 5.91 Å². The van der Waals surface area contributed by atoms with Crippen molar-refractivity contribution >= 4 is 5.91 Å². The van der Waals surface area contributed by atoms with Gasteiger partial charge in [0.2, 0.25) is 0 Å². The zero-order valence-corrected chi connectivity index (χ0v) is 17.4. The fraction of sp³-hybridized carbons (Fsp3) is 0.304. The van der Waals surface area contributed by atoms with Crippen molar-refractivity contribution in [3.63, 3.8) is 0 Å². The molecule has 1 heterocycles. The van der Waals surface area contributed by atoms with Gasteiger partial charge < -0.3 is 19.3 Å². The minimum absolute atomic E-state index is 0.213. The molecule has 2 aromatic carbocycles. The highest BCUT2D eigenvalue weighted by molar-refractivity contribution is 5.97. The number of aromatic nitrogens is 1. The van der Waals surface area contributed by atoms with Gasteiger partial charge in [0.05, 0.1) is 30.0 Å². The lowest BCUT2D eigenvalue weighted by molar-refractivity contribution is 0.0935. The Morgan fingerprint density at radius 1 is 1.14 bits per heavy atom. The van der Waals surface area contributed by atoms with Gasteiger partial charge in [-0.1, -0.05) is 35.0 Å². The first-order chi connectivity index (χ1) is 13.9. The van der Waals surface area contributed by atoms with Crippen LogP contribution < -0.4 is 14.8 Å². The fourth-order valence-corrected chi connectivity index (χ4v) is 3.18. The number of rotatable bonds is 7. The first-order valence-corrected chi connectivity index (χ1v) is 9.49. The Morgan fingerprint density at radius 2 is 1.90 bits per heavy atom. The zero-order valence-electron chi connectivity index (χ0n) is 17.4. The van der Waals surface area contributed by atoms with E-state index in [9.17, 15) is 4.79 Å². The quantitative estimate of drug-likeness (QED) is 0.630. The van der Waals surface area contributed by atoms with Crippen LogP contribution in [0.3, 0.4) is 0 Å². The van der Waals surface area contributed by atoms with Gasteiger partial charge in [-0.05, 0) is 45.9 Å². The van der Waals surface area contributed by atoms with E-state index in [-0.39, 0.29) is 18.6 Å². The Kier molecular flexibility index (Phi) is 6.22. The highest BCUT2D eigenvalue weighted by atomic mass is 16.5.